The van der Waals surface area contributed by atoms with Crippen LogP contribution in [-0.2, 0) is 11.2 Å². The van der Waals surface area contributed by atoms with Crippen molar-refractivity contribution in [2.24, 2.45) is 5.73 Å². The standard InChI is InChI=1S/C10H10N2O.C10H15N.2C2H6/c1-3-8-5-9(12-7-13)6-11-10(8)4-2;1-9(11)7-8-10-5-3-2-4-6-10;2*1-2/h3-7H,1-2H2,(H,12,13);2-6,9H,7-8,11H2,1H3;2*1-2H3. The molecule has 0 bridgehead atoms. The summed E-state index contributed by atoms with van der Waals surface area (Å²) in [5.41, 5.74) is 9.27. The van der Waals surface area contributed by atoms with E-state index >= 15 is 0 Å². The van der Waals surface area contributed by atoms with E-state index < -0.39 is 0 Å². The highest BCUT2D eigenvalue weighted by Crippen LogP contribution is 2.14. The van der Waals surface area contributed by atoms with Crippen LogP contribution < -0.4 is 11.1 Å². The molecule has 0 saturated heterocycles. The van der Waals surface area contributed by atoms with E-state index in [-0.39, 0.29) is 0 Å². The van der Waals surface area contributed by atoms with Crippen LogP contribution in [0.2, 0.25) is 0 Å². The van der Waals surface area contributed by atoms with Crippen LogP contribution in [0.25, 0.3) is 12.2 Å². The van der Waals surface area contributed by atoms with E-state index in [0.29, 0.717) is 18.1 Å². The Morgan fingerprint density at radius 1 is 1.11 bits per heavy atom. The summed E-state index contributed by atoms with van der Waals surface area (Å²) in [6, 6.07) is 12.5. The van der Waals surface area contributed by atoms with Crippen LogP contribution in [0.5, 0.6) is 0 Å². The molecule has 28 heavy (non-hydrogen) atoms. The van der Waals surface area contributed by atoms with Crippen molar-refractivity contribution in [2.45, 2.75) is 53.5 Å². The first-order valence-corrected chi connectivity index (χ1v) is 9.85. The van der Waals surface area contributed by atoms with Gasteiger partial charge in [0.1, 0.15) is 0 Å². The molecule has 0 aliphatic carbocycles. The number of nitrogens with zero attached hydrogens (tertiary/aromatic N) is 1. The van der Waals surface area contributed by atoms with Crippen molar-refractivity contribution >= 4 is 24.2 Å². The highest BCUT2D eigenvalue weighted by molar-refractivity contribution is 5.73. The summed E-state index contributed by atoms with van der Waals surface area (Å²) in [4.78, 5) is 14.2. The van der Waals surface area contributed by atoms with Gasteiger partial charge in [0.05, 0.1) is 17.6 Å². The quantitative estimate of drug-likeness (QED) is 0.580. The van der Waals surface area contributed by atoms with E-state index in [1.807, 2.05) is 40.7 Å². The number of aromatic nitrogens is 1. The van der Waals surface area contributed by atoms with Gasteiger partial charge in [-0.25, -0.2) is 0 Å². The minimum atomic E-state index is 0.315. The Bertz CT molecular complexity index is 652. The molecular weight excluding hydrogens is 346 g/mol. The molecule has 0 radical (unpaired) electrons. The molecule has 4 nitrogen and oxygen atoms in total. The fraction of sp³-hybridized carbons (Fsp3) is 0.333. The number of nitrogens with one attached hydrogen (secondary N) is 1. The van der Waals surface area contributed by atoms with Crippen LogP contribution in [0, 0.1) is 0 Å². The summed E-state index contributed by atoms with van der Waals surface area (Å²) in [6.45, 7) is 17.3. The SMILES string of the molecule is C=Cc1cc(NC=O)cnc1C=C.CC.CC.CC(N)CCc1ccccc1. The van der Waals surface area contributed by atoms with Gasteiger partial charge in [0.2, 0.25) is 6.41 Å². The summed E-state index contributed by atoms with van der Waals surface area (Å²) in [5, 5.41) is 2.51. The lowest BCUT2D eigenvalue weighted by Crippen LogP contribution is -2.15. The number of rotatable bonds is 7. The van der Waals surface area contributed by atoms with E-state index in [2.05, 4.69) is 47.7 Å². The van der Waals surface area contributed by atoms with Crippen LogP contribution in [-0.4, -0.2) is 17.4 Å². The fourth-order valence-corrected chi connectivity index (χ4v) is 2.01. The number of hydrogen-bond donors (Lipinski definition) is 2. The lowest BCUT2D eigenvalue weighted by molar-refractivity contribution is -0.105. The van der Waals surface area contributed by atoms with E-state index in [1.54, 1.807) is 24.4 Å². The van der Waals surface area contributed by atoms with Gasteiger partial charge in [0.15, 0.2) is 0 Å². The van der Waals surface area contributed by atoms with Gasteiger partial charge in [-0.2, -0.15) is 0 Å². The molecule has 1 unspecified atom stereocenters. The Morgan fingerprint density at radius 2 is 1.71 bits per heavy atom. The van der Waals surface area contributed by atoms with Crippen molar-refractivity contribution in [3.05, 3.63) is 72.6 Å². The predicted molar refractivity (Wildman–Crippen MR) is 125 cm³/mol. The van der Waals surface area contributed by atoms with Crippen molar-refractivity contribution in [3.8, 4) is 0 Å². The minimum absolute atomic E-state index is 0.315. The number of amides is 1. The second-order valence-electron chi connectivity index (χ2n) is 5.37. The minimum Gasteiger partial charge on any atom is -0.328 e. The highest BCUT2D eigenvalue weighted by Gasteiger charge is 1.98. The number of nitrogens with two attached hydrogens (primary N) is 1. The predicted octanol–water partition coefficient (Wildman–Crippen LogP) is 5.95. The Hall–Kier alpha value is -2.72. The lowest BCUT2D eigenvalue weighted by Gasteiger charge is -2.03. The third-order valence-electron chi connectivity index (χ3n) is 3.32. The topological polar surface area (TPSA) is 68.0 Å². The Kier molecular flexibility index (Phi) is 18.7. The molecule has 1 aromatic heterocycles. The Balaban J connectivity index is 0. The van der Waals surface area contributed by atoms with Crippen molar-refractivity contribution < 1.29 is 4.79 Å². The Morgan fingerprint density at radius 3 is 2.18 bits per heavy atom. The molecule has 0 spiro atoms. The number of carbonyl (C=O) groups is 1. The molecule has 0 fully saturated rings. The maximum atomic E-state index is 10.1. The number of anilines is 1. The van der Waals surface area contributed by atoms with Crippen LogP contribution in [0.3, 0.4) is 0 Å². The maximum Gasteiger partial charge on any atom is 0.211 e. The van der Waals surface area contributed by atoms with E-state index in [1.165, 1.54) is 5.56 Å². The molecular formula is C24H37N3O. The van der Waals surface area contributed by atoms with Crippen molar-refractivity contribution in [1.82, 2.24) is 4.98 Å². The first-order valence-electron chi connectivity index (χ1n) is 9.85. The normalized spacial score (nSPS) is 9.64. The molecule has 0 aliphatic heterocycles. The molecule has 1 heterocycles. The van der Waals surface area contributed by atoms with Gasteiger partial charge in [-0.3, -0.25) is 9.78 Å². The largest absolute Gasteiger partial charge is 0.328 e. The number of pyridine rings is 1. The third kappa shape index (κ3) is 12.6. The van der Waals surface area contributed by atoms with Crippen LogP contribution >= 0.6 is 0 Å². The van der Waals surface area contributed by atoms with Gasteiger partial charge in [-0.15, -0.1) is 0 Å². The van der Waals surface area contributed by atoms with Gasteiger partial charge < -0.3 is 11.1 Å². The average Bonchev–Trinajstić information content (AvgIpc) is 2.76. The second-order valence-corrected chi connectivity index (χ2v) is 5.37. The van der Waals surface area contributed by atoms with Gasteiger partial charge in [-0.05, 0) is 37.5 Å². The first kappa shape index (κ1) is 27.5. The summed E-state index contributed by atoms with van der Waals surface area (Å²) >= 11 is 0. The molecule has 0 saturated carbocycles. The molecule has 1 amide bonds. The summed E-state index contributed by atoms with van der Waals surface area (Å²) in [5.74, 6) is 0. The Labute approximate surface area is 171 Å². The molecule has 1 atom stereocenters. The van der Waals surface area contributed by atoms with Crippen LogP contribution in [0.15, 0.2) is 55.8 Å². The maximum absolute atomic E-state index is 10.1. The van der Waals surface area contributed by atoms with E-state index in [4.69, 9.17) is 5.73 Å². The third-order valence-corrected chi connectivity index (χ3v) is 3.32. The zero-order valence-electron chi connectivity index (χ0n) is 18.1. The molecule has 4 heteroatoms. The molecule has 2 rings (SSSR count). The number of hydrogen-bond acceptors (Lipinski definition) is 3. The van der Waals surface area contributed by atoms with Gasteiger partial charge in [0, 0.05) is 11.6 Å². The molecule has 0 aliphatic rings. The molecule has 1 aromatic carbocycles. The van der Waals surface area contributed by atoms with Crippen LogP contribution in [0.4, 0.5) is 5.69 Å². The molecule has 3 N–H and O–H groups in total. The summed E-state index contributed by atoms with van der Waals surface area (Å²) < 4.78 is 0. The average molecular weight is 384 g/mol. The second kappa shape index (κ2) is 19.1. The monoisotopic (exact) mass is 383 g/mol. The van der Waals surface area contributed by atoms with Gasteiger partial charge in [0.25, 0.3) is 0 Å². The van der Waals surface area contributed by atoms with Crippen molar-refractivity contribution in [2.75, 3.05) is 5.32 Å². The zero-order valence-corrected chi connectivity index (χ0v) is 18.1. The van der Waals surface area contributed by atoms with Crippen molar-refractivity contribution in [1.29, 1.82) is 0 Å². The molecule has 2 aromatic rings. The number of benzene rings is 1. The van der Waals surface area contributed by atoms with E-state index in [9.17, 15) is 4.79 Å². The van der Waals surface area contributed by atoms with Gasteiger partial charge >= 0.3 is 0 Å². The van der Waals surface area contributed by atoms with Crippen molar-refractivity contribution in [3.63, 3.8) is 0 Å². The first-order chi connectivity index (χ1) is 13.6. The zero-order chi connectivity index (χ0) is 21.8. The van der Waals surface area contributed by atoms with Crippen LogP contribution in [0.1, 0.15) is 57.9 Å². The fourth-order valence-electron chi connectivity index (χ4n) is 2.01. The van der Waals surface area contributed by atoms with Gasteiger partial charge in [-0.1, -0.05) is 77.3 Å². The number of carbonyl (C=O) groups excluding carboxylic acids is 1. The summed E-state index contributed by atoms with van der Waals surface area (Å²) in [6.07, 6.45) is 7.65. The number of aryl methyl sites for hydroxylation is 1. The summed E-state index contributed by atoms with van der Waals surface area (Å²) in [7, 11) is 0. The van der Waals surface area contributed by atoms with E-state index in [0.717, 1.165) is 24.1 Å². The molecule has 154 valence electrons. The lowest BCUT2D eigenvalue weighted by atomic mass is 10.1. The highest BCUT2D eigenvalue weighted by atomic mass is 16.1. The smallest absolute Gasteiger partial charge is 0.211 e.